The second-order valence-electron chi connectivity index (χ2n) is 4.15. The summed E-state index contributed by atoms with van der Waals surface area (Å²) in [4.78, 5) is 26.0. The number of nitrogens with two attached hydrogens (primary N) is 1. The highest BCUT2D eigenvalue weighted by Crippen LogP contribution is 2.22. The number of nitrogens with zero attached hydrogens (tertiary/aromatic N) is 2. The number of carbonyl (C=O) groups is 1. The lowest BCUT2D eigenvalue weighted by atomic mass is 10.1. The van der Waals surface area contributed by atoms with Crippen LogP contribution in [0, 0.1) is 17.0 Å². The predicted molar refractivity (Wildman–Crippen MR) is 74.4 cm³/mol. The average Bonchev–Trinajstić information content (AvgIpc) is 2.41. The van der Waals surface area contributed by atoms with Crippen LogP contribution in [0.5, 0.6) is 0 Å². The van der Waals surface area contributed by atoms with Crippen LogP contribution < -0.4 is 11.1 Å². The quantitative estimate of drug-likeness (QED) is 0.656. The third-order valence-corrected chi connectivity index (χ3v) is 2.75. The Kier molecular flexibility index (Phi) is 3.60. The third-order valence-electron chi connectivity index (χ3n) is 2.75. The minimum absolute atomic E-state index is 0.0265. The highest BCUT2D eigenvalue weighted by Gasteiger charge is 2.13. The first-order valence-corrected chi connectivity index (χ1v) is 5.76. The van der Waals surface area contributed by atoms with Gasteiger partial charge in [0.1, 0.15) is 5.82 Å². The van der Waals surface area contributed by atoms with Gasteiger partial charge >= 0.3 is 0 Å². The van der Waals surface area contributed by atoms with Crippen molar-refractivity contribution in [1.29, 1.82) is 0 Å². The van der Waals surface area contributed by atoms with Gasteiger partial charge in [-0.05, 0) is 30.7 Å². The van der Waals surface area contributed by atoms with E-state index in [1.807, 2.05) is 0 Å². The van der Waals surface area contributed by atoms with Crippen LogP contribution in [0.15, 0.2) is 36.5 Å². The molecule has 1 aromatic heterocycles. The number of benzene rings is 1. The zero-order valence-electron chi connectivity index (χ0n) is 10.7. The second-order valence-corrected chi connectivity index (χ2v) is 4.15. The summed E-state index contributed by atoms with van der Waals surface area (Å²) in [6.45, 7) is 1.68. The van der Waals surface area contributed by atoms with Crippen molar-refractivity contribution in [2.24, 2.45) is 0 Å². The van der Waals surface area contributed by atoms with Crippen molar-refractivity contribution in [3.8, 4) is 0 Å². The molecule has 1 amide bonds. The summed E-state index contributed by atoms with van der Waals surface area (Å²) in [5.41, 5.74) is 6.93. The normalized spacial score (nSPS) is 10.1. The number of aryl methyl sites for hydroxylation is 1. The molecule has 0 aliphatic heterocycles. The molecule has 0 bridgehead atoms. The Hall–Kier alpha value is -2.96. The largest absolute Gasteiger partial charge is 0.383 e. The highest BCUT2D eigenvalue weighted by atomic mass is 16.6. The average molecular weight is 272 g/mol. The lowest BCUT2D eigenvalue weighted by Gasteiger charge is -2.09. The topological polar surface area (TPSA) is 111 Å². The number of hydrogen-bond donors (Lipinski definition) is 2. The van der Waals surface area contributed by atoms with E-state index in [1.165, 1.54) is 24.4 Å². The Labute approximate surface area is 114 Å². The van der Waals surface area contributed by atoms with Crippen LogP contribution in [0.2, 0.25) is 0 Å². The molecule has 0 atom stereocenters. The first-order valence-electron chi connectivity index (χ1n) is 5.76. The van der Waals surface area contributed by atoms with Gasteiger partial charge in [0.15, 0.2) is 0 Å². The molecule has 0 aliphatic rings. The first kappa shape index (κ1) is 13.5. The smallest absolute Gasteiger partial charge is 0.269 e. The molecule has 2 rings (SSSR count). The molecule has 20 heavy (non-hydrogen) atoms. The van der Waals surface area contributed by atoms with E-state index in [2.05, 4.69) is 10.3 Å². The van der Waals surface area contributed by atoms with E-state index in [0.717, 1.165) is 0 Å². The zero-order valence-corrected chi connectivity index (χ0v) is 10.7. The number of hydrogen-bond acceptors (Lipinski definition) is 5. The molecular weight excluding hydrogens is 260 g/mol. The Morgan fingerprint density at radius 3 is 2.75 bits per heavy atom. The lowest BCUT2D eigenvalue weighted by Crippen LogP contribution is -2.15. The maximum absolute atomic E-state index is 12.0. The Morgan fingerprint density at radius 1 is 1.40 bits per heavy atom. The van der Waals surface area contributed by atoms with Crippen LogP contribution in [0.4, 0.5) is 17.2 Å². The molecule has 102 valence electrons. The van der Waals surface area contributed by atoms with Gasteiger partial charge in [0.25, 0.3) is 11.6 Å². The summed E-state index contributed by atoms with van der Waals surface area (Å²) in [6, 6.07) is 7.36. The number of non-ortho nitro benzene ring substituents is 1. The van der Waals surface area contributed by atoms with Crippen molar-refractivity contribution in [2.75, 3.05) is 11.1 Å². The van der Waals surface area contributed by atoms with Crippen molar-refractivity contribution in [1.82, 2.24) is 4.98 Å². The molecule has 7 heteroatoms. The van der Waals surface area contributed by atoms with E-state index in [0.29, 0.717) is 11.3 Å². The SMILES string of the molecule is Cc1cc([N+](=O)[O-])ccc1NC(=O)c1cccnc1N. The van der Waals surface area contributed by atoms with Crippen LogP contribution >= 0.6 is 0 Å². The number of nitrogens with one attached hydrogen (secondary N) is 1. The van der Waals surface area contributed by atoms with Crippen LogP contribution in [-0.4, -0.2) is 15.8 Å². The van der Waals surface area contributed by atoms with Gasteiger partial charge < -0.3 is 11.1 Å². The van der Waals surface area contributed by atoms with Crippen molar-refractivity contribution in [3.63, 3.8) is 0 Å². The number of rotatable bonds is 3. The van der Waals surface area contributed by atoms with Gasteiger partial charge in [-0.1, -0.05) is 0 Å². The van der Waals surface area contributed by atoms with Gasteiger partial charge in [-0.2, -0.15) is 0 Å². The van der Waals surface area contributed by atoms with E-state index in [9.17, 15) is 14.9 Å². The maximum Gasteiger partial charge on any atom is 0.269 e. The highest BCUT2D eigenvalue weighted by molar-refractivity contribution is 6.07. The molecule has 0 saturated carbocycles. The Morgan fingerprint density at radius 2 is 2.15 bits per heavy atom. The number of nitrogen functional groups attached to an aromatic ring is 1. The number of pyridine rings is 1. The fraction of sp³-hybridized carbons (Fsp3) is 0.0769. The molecule has 2 aromatic rings. The van der Waals surface area contributed by atoms with Gasteiger partial charge in [0.2, 0.25) is 0 Å². The molecule has 0 spiro atoms. The lowest BCUT2D eigenvalue weighted by molar-refractivity contribution is -0.384. The fourth-order valence-electron chi connectivity index (χ4n) is 1.70. The Bertz CT molecular complexity index is 685. The minimum Gasteiger partial charge on any atom is -0.383 e. The van der Waals surface area contributed by atoms with Crippen LogP contribution in [0.1, 0.15) is 15.9 Å². The summed E-state index contributed by atoms with van der Waals surface area (Å²) in [5.74, 6) is -0.280. The number of aromatic nitrogens is 1. The van der Waals surface area contributed by atoms with Crippen LogP contribution in [0.3, 0.4) is 0 Å². The van der Waals surface area contributed by atoms with E-state index in [-0.39, 0.29) is 17.1 Å². The predicted octanol–water partition coefficient (Wildman–Crippen LogP) is 2.13. The summed E-state index contributed by atoms with van der Waals surface area (Å²) in [5, 5.41) is 13.3. The van der Waals surface area contributed by atoms with Gasteiger partial charge in [0.05, 0.1) is 10.5 Å². The number of nitro groups is 1. The molecule has 1 aromatic carbocycles. The maximum atomic E-state index is 12.0. The summed E-state index contributed by atoms with van der Waals surface area (Å²) in [6.07, 6.45) is 1.49. The second kappa shape index (κ2) is 5.35. The molecule has 3 N–H and O–H groups in total. The summed E-state index contributed by atoms with van der Waals surface area (Å²) >= 11 is 0. The summed E-state index contributed by atoms with van der Waals surface area (Å²) in [7, 11) is 0. The first-order chi connectivity index (χ1) is 9.49. The van der Waals surface area contributed by atoms with E-state index >= 15 is 0 Å². The number of amides is 1. The van der Waals surface area contributed by atoms with E-state index in [1.54, 1.807) is 19.1 Å². The zero-order chi connectivity index (χ0) is 14.7. The monoisotopic (exact) mass is 272 g/mol. The number of nitro benzene ring substituents is 1. The van der Waals surface area contributed by atoms with Crippen molar-refractivity contribution < 1.29 is 9.72 Å². The molecular formula is C13H12N4O3. The molecule has 1 heterocycles. The molecule has 7 nitrogen and oxygen atoms in total. The van der Waals surface area contributed by atoms with Crippen molar-refractivity contribution in [3.05, 3.63) is 57.8 Å². The fourth-order valence-corrected chi connectivity index (χ4v) is 1.70. The number of carbonyl (C=O) groups excluding carboxylic acids is 1. The van der Waals surface area contributed by atoms with E-state index in [4.69, 9.17) is 5.73 Å². The summed E-state index contributed by atoms with van der Waals surface area (Å²) < 4.78 is 0. The van der Waals surface area contributed by atoms with Gasteiger partial charge in [-0.25, -0.2) is 4.98 Å². The van der Waals surface area contributed by atoms with Gasteiger partial charge in [-0.3, -0.25) is 14.9 Å². The molecule has 0 radical (unpaired) electrons. The van der Waals surface area contributed by atoms with Gasteiger partial charge in [0, 0.05) is 24.0 Å². The molecule has 0 saturated heterocycles. The minimum atomic E-state index is -0.488. The van der Waals surface area contributed by atoms with Gasteiger partial charge in [-0.15, -0.1) is 0 Å². The molecule has 0 aliphatic carbocycles. The van der Waals surface area contributed by atoms with Crippen LogP contribution in [0.25, 0.3) is 0 Å². The van der Waals surface area contributed by atoms with Crippen molar-refractivity contribution >= 4 is 23.1 Å². The standard InChI is InChI=1S/C13H12N4O3/c1-8-7-9(17(19)20)4-5-11(8)16-13(18)10-3-2-6-15-12(10)14/h2-7H,1H3,(H2,14,15)(H,16,18). The molecule has 0 fully saturated rings. The molecule has 0 unspecified atom stereocenters. The van der Waals surface area contributed by atoms with E-state index < -0.39 is 10.8 Å². The Balaban J connectivity index is 2.25. The number of anilines is 2. The third kappa shape index (κ3) is 2.72. The van der Waals surface area contributed by atoms with Crippen LogP contribution in [-0.2, 0) is 0 Å². The van der Waals surface area contributed by atoms with Crippen molar-refractivity contribution in [2.45, 2.75) is 6.92 Å².